The number of carboxylic acids is 1. The lowest BCUT2D eigenvalue weighted by atomic mass is 10.1. The van der Waals surface area contributed by atoms with Gasteiger partial charge in [-0.15, -0.1) is 12.4 Å². The molecule has 1 fully saturated rings. The molecular formula is C17H21ClFN5O5. The highest BCUT2D eigenvalue weighted by Gasteiger charge is 2.33. The molecule has 1 aromatic heterocycles. The van der Waals surface area contributed by atoms with E-state index in [4.69, 9.17) is 0 Å². The fourth-order valence-electron chi connectivity index (χ4n) is 3.38. The van der Waals surface area contributed by atoms with Crippen molar-refractivity contribution in [2.45, 2.75) is 0 Å². The summed E-state index contributed by atoms with van der Waals surface area (Å²) < 4.78 is 16.2. The van der Waals surface area contributed by atoms with Gasteiger partial charge in [0.1, 0.15) is 5.56 Å². The van der Waals surface area contributed by atoms with Crippen LogP contribution in [0.3, 0.4) is 0 Å². The van der Waals surface area contributed by atoms with Gasteiger partial charge in [-0.05, 0) is 13.1 Å². The zero-order valence-electron chi connectivity index (χ0n) is 16.1. The zero-order valence-corrected chi connectivity index (χ0v) is 16.9. The lowest BCUT2D eigenvalue weighted by Gasteiger charge is -2.34. The highest BCUT2D eigenvalue weighted by Crippen LogP contribution is 2.38. The lowest BCUT2D eigenvalue weighted by Crippen LogP contribution is -2.45. The number of likely N-dealkylation sites (N-methyl/N-ethyl adjacent to an activating group) is 1. The summed E-state index contributed by atoms with van der Waals surface area (Å²) in [6.45, 7) is 1.98. The molecule has 2 heterocycles. The molecule has 1 N–H and O–H groups in total. The van der Waals surface area contributed by atoms with E-state index in [1.54, 1.807) is 4.90 Å². The summed E-state index contributed by atoms with van der Waals surface area (Å²) in [6.07, 6.45) is 1.02. The van der Waals surface area contributed by atoms with Crippen LogP contribution in [0, 0.1) is 15.9 Å². The predicted octanol–water partition coefficient (Wildman–Crippen LogP) is 1.12. The van der Waals surface area contributed by atoms with Crippen LogP contribution in [0.25, 0.3) is 10.9 Å². The van der Waals surface area contributed by atoms with Crippen LogP contribution in [0.4, 0.5) is 15.8 Å². The third-order valence-corrected chi connectivity index (χ3v) is 4.83. The quantitative estimate of drug-likeness (QED) is 0.568. The Bertz CT molecular complexity index is 1030. The molecule has 0 aliphatic carbocycles. The fraction of sp³-hybridized carbons (Fsp3) is 0.412. The number of carbonyl (C=O) groups is 1. The number of carboxylic acid groups (broad SMARTS) is 1. The van der Waals surface area contributed by atoms with E-state index in [9.17, 15) is 29.2 Å². The van der Waals surface area contributed by atoms with Crippen molar-refractivity contribution in [2.75, 3.05) is 57.2 Å². The number of anilines is 1. The molecule has 1 aliphatic rings. The first kappa shape index (κ1) is 22.4. The van der Waals surface area contributed by atoms with E-state index in [1.165, 1.54) is 23.8 Å². The summed E-state index contributed by atoms with van der Waals surface area (Å²) in [4.78, 5) is 38.8. The van der Waals surface area contributed by atoms with Gasteiger partial charge in [0.2, 0.25) is 5.43 Å². The Kier molecular flexibility index (Phi) is 6.34. The Morgan fingerprint density at radius 1 is 1.28 bits per heavy atom. The Balaban J connectivity index is 0.00000300. The van der Waals surface area contributed by atoms with Crippen LogP contribution in [0.15, 0.2) is 17.1 Å². The minimum atomic E-state index is -1.49. The number of nitro groups is 1. The number of nitrogens with zero attached hydrogens (tertiary/aromatic N) is 5. The molecule has 29 heavy (non-hydrogen) atoms. The molecule has 0 spiro atoms. The van der Waals surface area contributed by atoms with Crippen LogP contribution < -0.4 is 15.3 Å². The number of hydrogen-bond acceptors (Lipinski definition) is 7. The maximum Gasteiger partial charge on any atom is 0.341 e. The molecule has 2 aromatic rings. The summed E-state index contributed by atoms with van der Waals surface area (Å²) in [5, 5.41) is 22.3. The molecule has 10 nitrogen and oxygen atoms in total. The number of hydrogen-bond donors (Lipinski definition) is 1. The molecule has 0 atom stereocenters. The Hall–Kier alpha value is -2.92. The van der Waals surface area contributed by atoms with Crippen molar-refractivity contribution >= 4 is 40.7 Å². The summed E-state index contributed by atoms with van der Waals surface area (Å²) in [5.74, 6) is -2.41. The average molecular weight is 430 g/mol. The molecule has 12 heteroatoms. The molecule has 0 radical (unpaired) electrons. The maximum absolute atomic E-state index is 15.0. The van der Waals surface area contributed by atoms with Crippen molar-refractivity contribution in [1.82, 2.24) is 9.58 Å². The number of fused-ring (bicyclic) bond motifs is 1. The van der Waals surface area contributed by atoms with Crippen LogP contribution in [0.1, 0.15) is 10.4 Å². The first-order valence-corrected chi connectivity index (χ1v) is 8.54. The smallest absolute Gasteiger partial charge is 0.341 e. The number of nitro benzene ring substituents is 1. The SMILES string of the molecule is CN1CCN(c2c(F)cc3c(=O)c(C(=O)O)cn(N(C)C)c3c2[N+](=O)[O-])CC1.Cl. The van der Waals surface area contributed by atoms with E-state index in [-0.39, 0.29) is 29.0 Å². The van der Waals surface area contributed by atoms with Crippen LogP contribution >= 0.6 is 12.4 Å². The number of aromatic nitrogens is 1. The number of piperazine rings is 1. The third-order valence-electron chi connectivity index (χ3n) is 4.83. The number of halogens is 2. The van der Waals surface area contributed by atoms with Crippen molar-refractivity contribution < 1.29 is 19.2 Å². The van der Waals surface area contributed by atoms with Gasteiger partial charge < -0.3 is 19.9 Å². The highest BCUT2D eigenvalue weighted by molar-refractivity contribution is 5.99. The van der Waals surface area contributed by atoms with Crippen molar-refractivity contribution in [3.63, 3.8) is 0 Å². The average Bonchev–Trinajstić information content (AvgIpc) is 2.61. The van der Waals surface area contributed by atoms with Gasteiger partial charge in [0, 0.05) is 46.5 Å². The van der Waals surface area contributed by atoms with Crippen LogP contribution in [-0.4, -0.2) is 72.9 Å². The number of pyridine rings is 1. The Morgan fingerprint density at radius 3 is 2.34 bits per heavy atom. The molecule has 1 aromatic carbocycles. The number of benzene rings is 1. The molecule has 3 rings (SSSR count). The number of aromatic carboxylic acids is 1. The van der Waals surface area contributed by atoms with Gasteiger partial charge in [-0.25, -0.2) is 9.18 Å². The fourth-order valence-corrected chi connectivity index (χ4v) is 3.38. The second kappa shape index (κ2) is 8.21. The Morgan fingerprint density at radius 2 is 1.86 bits per heavy atom. The molecule has 0 unspecified atom stereocenters. The minimum absolute atomic E-state index is 0. The normalized spacial score (nSPS) is 14.6. The van der Waals surface area contributed by atoms with E-state index < -0.39 is 33.4 Å². The minimum Gasteiger partial charge on any atom is -0.477 e. The Labute approximate surface area is 171 Å². The van der Waals surface area contributed by atoms with E-state index in [0.717, 1.165) is 12.3 Å². The predicted molar refractivity (Wildman–Crippen MR) is 109 cm³/mol. The van der Waals surface area contributed by atoms with Crippen LogP contribution in [0.2, 0.25) is 0 Å². The maximum atomic E-state index is 15.0. The topological polar surface area (TPSA) is 112 Å². The molecule has 0 amide bonds. The molecule has 1 aliphatic heterocycles. The zero-order chi connectivity index (χ0) is 20.7. The van der Waals surface area contributed by atoms with Gasteiger partial charge in [0.15, 0.2) is 17.0 Å². The molecule has 158 valence electrons. The first-order valence-electron chi connectivity index (χ1n) is 8.54. The van der Waals surface area contributed by atoms with E-state index in [2.05, 4.69) is 0 Å². The van der Waals surface area contributed by atoms with Crippen molar-refractivity contribution in [3.05, 3.63) is 44.0 Å². The summed E-state index contributed by atoms with van der Waals surface area (Å²) >= 11 is 0. The second-order valence-corrected chi connectivity index (χ2v) is 6.87. The first-order chi connectivity index (χ1) is 13.1. The van der Waals surface area contributed by atoms with Gasteiger partial charge in [-0.2, -0.15) is 0 Å². The lowest BCUT2D eigenvalue weighted by molar-refractivity contribution is -0.382. The van der Waals surface area contributed by atoms with Crippen molar-refractivity contribution in [3.8, 4) is 0 Å². The molecule has 0 saturated carbocycles. The standard InChI is InChI=1S/C17H20FN5O5.ClH/c1-19(2)22-9-11(17(25)26)16(24)10-8-12(18)14(15(13(10)22)23(27)28)21-6-4-20(3)5-7-21;/h8-9H,4-7H2,1-3H3,(H,25,26);1H. The van der Waals surface area contributed by atoms with Crippen molar-refractivity contribution in [1.29, 1.82) is 0 Å². The van der Waals surface area contributed by atoms with Crippen LogP contribution in [-0.2, 0) is 0 Å². The van der Waals surface area contributed by atoms with E-state index >= 15 is 0 Å². The largest absolute Gasteiger partial charge is 0.477 e. The van der Waals surface area contributed by atoms with E-state index in [0.29, 0.717) is 26.2 Å². The third kappa shape index (κ3) is 3.83. The number of rotatable bonds is 4. The van der Waals surface area contributed by atoms with Crippen LogP contribution in [0.5, 0.6) is 0 Å². The van der Waals surface area contributed by atoms with Gasteiger partial charge in [0.05, 0.1) is 10.3 Å². The summed E-state index contributed by atoms with van der Waals surface area (Å²) in [5.41, 5.74) is -2.44. The van der Waals surface area contributed by atoms with Crippen molar-refractivity contribution in [2.24, 2.45) is 0 Å². The van der Waals surface area contributed by atoms with Gasteiger partial charge in [0.25, 0.3) is 0 Å². The summed E-state index contributed by atoms with van der Waals surface area (Å²) in [7, 11) is 4.98. The monoisotopic (exact) mass is 429 g/mol. The van der Waals surface area contributed by atoms with Gasteiger partial charge in [-0.3, -0.25) is 19.6 Å². The second-order valence-electron chi connectivity index (χ2n) is 6.87. The molecular weight excluding hydrogens is 409 g/mol. The molecule has 1 saturated heterocycles. The van der Waals surface area contributed by atoms with Gasteiger partial charge in [-0.1, -0.05) is 0 Å². The van der Waals surface area contributed by atoms with Gasteiger partial charge >= 0.3 is 11.7 Å². The summed E-state index contributed by atoms with van der Waals surface area (Å²) in [6, 6.07) is 0.894. The van der Waals surface area contributed by atoms with E-state index in [1.807, 2.05) is 11.9 Å². The molecule has 0 bridgehead atoms. The highest BCUT2D eigenvalue weighted by atomic mass is 35.5.